The van der Waals surface area contributed by atoms with Gasteiger partial charge in [-0.25, -0.2) is 9.69 Å². The zero-order chi connectivity index (χ0) is 24.8. The highest BCUT2D eigenvalue weighted by Crippen LogP contribution is 2.69. The zero-order valence-electron chi connectivity index (χ0n) is 20.2. The Labute approximate surface area is 198 Å². The number of hydrogen-bond acceptors (Lipinski definition) is 6. The fraction of sp³-hybridized carbons (Fsp3) is 0.462. The molecule has 8 nitrogen and oxygen atoms in total. The van der Waals surface area contributed by atoms with Gasteiger partial charge in [0.2, 0.25) is 11.8 Å². The van der Waals surface area contributed by atoms with Crippen molar-refractivity contribution in [3.8, 4) is 0 Å². The predicted molar refractivity (Wildman–Crippen MR) is 124 cm³/mol. The average Bonchev–Trinajstić information content (AvgIpc) is 3.19. The first kappa shape index (κ1) is 23.7. The van der Waals surface area contributed by atoms with Gasteiger partial charge in [0, 0.05) is 5.92 Å². The number of carbonyl (C=O) groups is 4. The van der Waals surface area contributed by atoms with E-state index < -0.39 is 23.8 Å². The summed E-state index contributed by atoms with van der Waals surface area (Å²) in [7, 11) is 0. The van der Waals surface area contributed by atoms with Gasteiger partial charge in [0.05, 0.1) is 37.1 Å². The van der Waals surface area contributed by atoms with Crippen molar-refractivity contribution in [3.05, 3.63) is 54.0 Å². The number of esters is 1. The summed E-state index contributed by atoms with van der Waals surface area (Å²) in [5.74, 6) is -1.22. The minimum atomic E-state index is -0.929. The average molecular weight is 467 g/mol. The number of nitrogens with zero attached hydrogens (tertiary/aromatic N) is 2. The van der Waals surface area contributed by atoms with Gasteiger partial charge in [-0.2, -0.15) is 0 Å². The molecule has 3 amide bonds. The lowest BCUT2D eigenvalue weighted by molar-refractivity contribution is -0.141. The van der Waals surface area contributed by atoms with Gasteiger partial charge in [0.1, 0.15) is 11.8 Å². The largest absolute Gasteiger partial charge is 0.467 e. The third-order valence-corrected chi connectivity index (χ3v) is 7.59. The van der Waals surface area contributed by atoms with Crippen LogP contribution in [0.4, 0.5) is 5.69 Å². The van der Waals surface area contributed by atoms with Crippen LogP contribution < -0.4 is 4.90 Å². The third-order valence-electron chi connectivity index (χ3n) is 7.59. The van der Waals surface area contributed by atoms with Gasteiger partial charge in [0.25, 0.3) is 5.91 Å². The number of furan rings is 1. The van der Waals surface area contributed by atoms with E-state index in [-0.39, 0.29) is 42.2 Å². The van der Waals surface area contributed by atoms with Crippen LogP contribution in [0, 0.1) is 16.7 Å². The highest BCUT2D eigenvalue weighted by molar-refractivity contribution is 6.23. The minimum Gasteiger partial charge on any atom is -0.467 e. The van der Waals surface area contributed by atoms with Gasteiger partial charge in [-0.05, 0) is 54.2 Å². The first-order valence-corrected chi connectivity index (χ1v) is 11.5. The van der Waals surface area contributed by atoms with Crippen LogP contribution in [-0.4, -0.2) is 41.2 Å². The van der Waals surface area contributed by atoms with Crippen LogP contribution in [0.5, 0.6) is 0 Å². The van der Waals surface area contributed by atoms with Gasteiger partial charge in [-0.3, -0.25) is 14.4 Å². The van der Waals surface area contributed by atoms with Gasteiger partial charge in [-0.15, -0.1) is 0 Å². The maximum absolute atomic E-state index is 13.7. The number of rotatable bonds is 7. The normalized spacial score (nSPS) is 21.0. The van der Waals surface area contributed by atoms with Crippen molar-refractivity contribution in [2.24, 2.45) is 16.7 Å². The Balaban J connectivity index is 1.61. The molecule has 4 rings (SSSR count). The maximum atomic E-state index is 13.7. The second kappa shape index (κ2) is 8.42. The van der Waals surface area contributed by atoms with Crippen molar-refractivity contribution >= 4 is 29.4 Å². The maximum Gasteiger partial charge on any atom is 0.338 e. The molecular weight excluding hydrogens is 436 g/mol. The lowest BCUT2D eigenvalue weighted by Gasteiger charge is -2.28. The Morgan fingerprint density at radius 3 is 2.26 bits per heavy atom. The van der Waals surface area contributed by atoms with Crippen LogP contribution in [0.1, 0.15) is 57.2 Å². The molecule has 34 heavy (non-hydrogen) atoms. The molecule has 1 aliphatic heterocycles. The molecule has 1 aliphatic carbocycles. The number of hydrogen-bond donors (Lipinski definition) is 0. The number of carbonyl (C=O) groups excluding carboxylic acids is 4. The lowest BCUT2D eigenvalue weighted by atomic mass is 10.0. The van der Waals surface area contributed by atoms with Crippen LogP contribution in [0.25, 0.3) is 0 Å². The Morgan fingerprint density at radius 1 is 1.09 bits per heavy atom. The number of imide groups is 1. The SMILES string of the molecule is CCOC(=O)c1ccc(N2C(=O)CC(N(Cc3ccco3)C(=O)C3C(C)(C)C3(C)C)C2=O)cc1. The monoisotopic (exact) mass is 466 g/mol. The summed E-state index contributed by atoms with van der Waals surface area (Å²) in [5.41, 5.74) is 0.233. The Morgan fingerprint density at radius 2 is 1.74 bits per heavy atom. The van der Waals surface area contributed by atoms with Crippen LogP contribution in [0.2, 0.25) is 0 Å². The molecule has 2 fully saturated rings. The van der Waals surface area contributed by atoms with E-state index in [1.807, 2.05) is 27.7 Å². The van der Waals surface area contributed by atoms with Crippen LogP contribution in [0.15, 0.2) is 47.1 Å². The van der Waals surface area contributed by atoms with Crippen LogP contribution in [0.3, 0.4) is 0 Å². The molecule has 1 unspecified atom stereocenters. The minimum absolute atomic E-state index is 0.105. The molecule has 8 heteroatoms. The molecule has 1 atom stereocenters. The van der Waals surface area contributed by atoms with E-state index in [9.17, 15) is 19.2 Å². The molecule has 0 spiro atoms. The molecule has 2 aromatic rings. The van der Waals surface area contributed by atoms with Crippen molar-refractivity contribution < 1.29 is 28.3 Å². The summed E-state index contributed by atoms with van der Waals surface area (Å²) >= 11 is 0. The van der Waals surface area contributed by atoms with E-state index in [0.29, 0.717) is 17.0 Å². The standard InChI is InChI=1S/C26H30N2O6/c1-6-33-24(32)16-9-11-17(12-10-16)28-20(29)14-19(22(28)30)27(15-18-8-7-13-34-18)23(31)21-25(2,3)26(21,4)5/h7-13,19,21H,6,14-15H2,1-5H3. The summed E-state index contributed by atoms with van der Waals surface area (Å²) < 4.78 is 10.4. The van der Waals surface area contributed by atoms with E-state index in [1.54, 1.807) is 19.1 Å². The molecule has 0 N–H and O–H groups in total. The molecule has 180 valence electrons. The van der Waals surface area contributed by atoms with Gasteiger partial charge >= 0.3 is 5.97 Å². The molecule has 2 heterocycles. The van der Waals surface area contributed by atoms with E-state index in [4.69, 9.17) is 9.15 Å². The summed E-state index contributed by atoms with van der Waals surface area (Å²) in [5, 5.41) is 0. The highest BCUT2D eigenvalue weighted by atomic mass is 16.5. The van der Waals surface area contributed by atoms with Gasteiger partial charge in [-0.1, -0.05) is 27.7 Å². The Kier molecular flexibility index (Phi) is 5.87. The molecular formula is C26H30N2O6. The second-order valence-electron chi connectivity index (χ2n) is 9.98. The molecule has 1 aromatic heterocycles. The van der Waals surface area contributed by atoms with E-state index >= 15 is 0 Å². The van der Waals surface area contributed by atoms with Crippen molar-refractivity contribution in [3.63, 3.8) is 0 Å². The summed E-state index contributed by atoms with van der Waals surface area (Å²) in [6.07, 6.45) is 1.40. The molecule has 1 aromatic carbocycles. The molecule has 0 radical (unpaired) electrons. The zero-order valence-corrected chi connectivity index (χ0v) is 20.2. The highest BCUT2D eigenvalue weighted by Gasteiger charge is 2.69. The molecule has 2 aliphatic rings. The van der Waals surface area contributed by atoms with Crippen molar-refractivity contribution in [1.82, 2.24) is 4.90 Å². The number of benzene rings is 1. The predicted octanol–water partition coefficient (Wildman–Crippen LogP) is 3.80. The smallest absolute Gasteiger partial charge is 0.338 e. The first-order chi connectivity index (χ1) is 16.0. The quantitative estimate of drug-likeness (QED) is 0.455. The Bertz CT molecular complexity index is 1100. The number of anilines is 1. The second-order valence-corrected chi connectivity index (χ2v) is 9.98. The molecule has 1 saturated heterocycles. The van der Waals surface area contributed by atoms with Crippen molar-refractivity contribution in [2.45, 2.75) is 53.6 Å². The first-order valence-electron chi connectivity index (χ1n) is 11.5. The van der Waals surface area contributed by atoms with E-state index in [2.05, 4.69) is 0 Å². The fourth-order valence-electron chi connectivity index (χ4n) is 4.98. The van der Waals surface area contributed by atoms with Gasteiger partial charge in [0.15, 0.2) is 0 Å². The van der Waals surface area contributed by atoms with Gasteiger partial charge < -0.3 is 14.1 Å². The fourth-order valence-corrected chi connectivity index (χ4v) is 4.98. The van der Waals surface area contributed by atoms with E-state index in [1.165, 1.54) is 35.4 Å². The third kappa shape index (κ3) is 3.81. The number of amides is 3. The summed E-state index contributed by atoms with van der Waals surface area (Å²) in [6, 6.07) is 8.65. The van der Waals surface area contributed by atoms with E-state index in [0.717, 1.165) is 4.90 Å². The van der Waals surface area contributed by atoms with Crippen molar-refractivity contribution in [1.29, 1.82) is 0 Å². The van der Waals surface area contributed by atoms with Crippen LogP contribution >= 0.6 is 0 Å². The van der Waals surface area contributed by atoms with Crippen LogP contribution in [-0.2, 0) is 25.7 Å². The van der Waals surface area contributed by atoms with Crippen molar-refractivity contribution in [2.75, 3.05) is 11.5 Å². The molecule has 0 bridgehead atoms. The molecule has 1 saturated carbocycles. The summed E-state index contributed by atoms with van der Waals surface area (Å²) in [6.45, 7) is 10.2. The number of ether oxygens (including phenoxy) is 1. The summed E-state index contributed by atoms with van der Waals surface area (Å²) in [4.78, 5) is 54.6. The lowest BCUT2D eigenvalue weighted by Crippen LogP contribution is -2.46. The Hall–Kier alpha value is -3.42. The topological polar surface area (TPSA) is 97.1 Å².